The first-order valence-corrected chi connectivity index (χ1v) is 11.0. The number of sulfonamides is 1. The number of anilines is 2. The maximum Gasteiger partial charge on any atom is 0.254 e. The first-order chi connectivity index (χ1) is 14.5. The molecule has 0 fully saturated rings. The first kappa shape index (κ1) is 24.0. The Morgan fingerprint density at radius 1 is 0.871 bits per heavy atom. The molecule has 0 unspecified atom stereocenters. The minimum Gasteiger partial charge on any atom is -0.330 e. The maximum absolute atomic E-state index is 12.8. The Morgan fingerprint density at radius 3 is 1.84 bits per heavy atom. The van der Waals surface area contributed by atoms with E-state index in [1.54, 1.807) is 31.2 Å². The highest BCUT2D eigenvalue weighted by Crippen LogP contribution is 2.16. The molecule has 0 heterocycles. The molecule has 2 rings (SSSR count). The smallest absolute Gasteiger partial charge is 0.254 e. The third kappa shape index (κ3) is 6.37. The van der Waals surface area contributed by atoms with E-state index in [0.717, 1.165) is 4.31 Å². The Balaban J connectivity index is 2.04. The summed E-state index contributed by atoms with van der Waals surface area (Å²) >= 11 is 0. The van der Waals surface area contributed by atoms with Crippen LogP contribution in [0, 0.1) is 0 Å². The lowest BCUT2D eigenvalue weighted by atomic mass is 10.2. The molecule has 0 aliphatic rings. The van der Waals surface area contributed by atoms with Crippen molar-refractivity contribution in [2.45, 2.75) is 18.7 Å². The second-order valence-corrected chi connectivity index (χ2v) is 9.09. The second-order valence-electron chi connectivity index (χ2n) is 6.94. The summed E-state index contributed by atoms with van der Waals surface area (Å²) in [6.07, 6.45) is 0. The first-order valence-electron chi connectivity index (χ1n) is 9.54. The molecule has 0 aliphatic heterocycles. The number of likely N-dealkylation sites (N-methyl/N-ethyl adjacent to an activating group) is 1. The van der Waals surface area contributed by atoms with Gasteiger partial charge >= 0.3 is 0 Å². The van der Waals surface area contributed by atoms with Crippen LogP contribution in [0.3, 0.4) is 0 Å². The lowest BCUT2D eigenvalue weighted by Crippen LogP contribution is -2.37. The topological polar surface area (TPSA) is 116 Å². The van der Waals surface area contributed by atoms with Crippen molar-refractivity contribution in [2.75, 3.05) is 37.8 Å². The van der Waals surface area contributed by atoms with Crippen LogP contribution in [-0.2, 0) is 19.6 Å². The van der Waals surface area contributed by atoms with Crippen molar-refractivity contribution in [3.8, 4) is 0 Å². The number of nitrogens with one attached hydrogen (secondary N) is 2. The van der Waals surface area contributed by atoms with E-state index < -0.39 is 10.0 Å². The zero-order valence-corrected chi connectivity index (χ0v) is 18.7. The van der Waals surface area contributed by atoms with Crippen molar-refractivity contribution in [1.29, 1.82) is 0 Å². The molecular formula is C21H26N4O5S. The van der Waals surface area contributed by atoms with Gasteiger partial charge in [-0.15, -0.1) is 0 Å². The van der Waals surface area contributed by atoms with Gasteiger partial charge in [-0.3, -0.25) is 14.4 Å². The van der Waals surface area contributed by atoms with Crippen LogP contribution in [-0.4, -0.2) is 62.5 Å². The van der Waals surface area contributed by atoms with E-state index in [1.807, 2.05) is 0 Å². The molecule has 0 atom stereocenters. The molecule has 0 saturated heterocycles. The number of benzene rings is 2. The maximum atomic E-state index is 12.8. The number of hydrogen-bond acceptors (Lipinski definition) is 5. The van der Waals surface area contributed by atoms with Crippen LogP contribution in [0.25, 0.3) is 0 Å². The van der Waals surface area contributed by atoms with Gasteiger partial charge in [0.2, 0.25) is 21.8 Å². The van der Waals surface area contributed by atoms with Gasteiger partial charge in [0.25, 0.3) is 5.91 Å². The van der Waals surface area contributed by atoms with Gasteiger partial charge in [-0.1, -0.05) is 0 Å². The average molecular weight is 447 g/mol. The summed E-state index contributed by atoms with van der Waals surface area (Å²) in [5, 5.41) is 5.34. The van der Waals surface area contributed by atoms with E-state index in [4.69, 9.17) is 0 Å². The van der Waals surface area contributed by atoms with Gasteiger partial charge in [0.05, 0.1) is 4.90 Å². The van der Waals surface area contributed by atoms with Crippen molar-refractivity contribution in [3.63, 3.8) is 0 Å². The zero-order valence-electron chi connectivity index (χ0n) is 17.9. The van der Waals surface area contributed by atoms with E-state index in [0.29, 0.717) is 17.9 Å². The largest absolute Gasteiger partial charge is 0.330 e. The molecule has 0 radical (unpaired) electrons. The van der Waals surface area contributed by atoms with E-state index in [2.05, 4.69) is 10.6 Å². The summed E-state index contributed by atoms with van der Waals surface area (Å²) in [7, 11) is -0.728. The molecular weight excluding hydrogens is 420 g/mol. The minimum absolute atomic E-state index is 0.0811. The highest BCUT2D eigenvalue weighted by atomic mass is 32.2. The van der Waals surface area contributed by atoms with Crippen LogP contribution in [0.15, 0.2) is 53.4 Å². The summed E-state index contributed by atoms with van der Waals surface area (Å²) in [5.74, 6) is -0.956. The molecule has 2 aromatic rings. The second kappa shape index (κ2) is 10.2. The lowest BCUT2D eigenvalue weighted by Gasteiger charge is -2.21. The number of amides is 3. The fraction of sp³-hybridized carbons (Fsp3) is 0.286. The summed E-state index contributed by atoms with van der Waals surface area (Å²) in [6, 6.07) is 12.2. The molecule has 10 heteroatoms. The zero-order chi connectivity index (χ0) is 23.2. The van der Waals surface area contributed by atoms with Gasteiger partial charge in [-0.05, 0) is 55.5 Å². The third-order valence-corrected chi connectivity index (χ3v) is 6.20. The number of carbonyl (C=O) groups is 3. The van der Waals surface area contributed by atoms with Crippen molar-refractivity contribution in [2.24, 2.45) is 0 Å². The van der Waals surface area contributed by atoms with Crippen LogP contribution in [0.5, 0.6) is 0 Å². The molecule has 9 nitrogen and oxygen atoms in total. The minimum atomic E-state index is -3.59. The van der Waals surface area contributed by atoms with Crippen molar-refractivity contribution >= 4 is 39.1 Å². The average Bonchev–Trinajstić information content (AvgIpc) is 2.72. The van der Waals surface area contributed by atoms with Crippen LogP contribution < -0.4 is 10.6 Å². The summed E-state index contributed by atoms with van der Waals surface area (Å²) in [4.78, 5) is 37.6. The number of nitrogens with zero attached hydrogens (tertiary/aromatic N) is 2. The van der Waals surface area contributed by atoms with Gasteiger partial charge in [0.1, 0.15) is 6.54 Å². The fourth-order valence-electron chi connectivity index (χ4n) is 2.70. The lowest BCUT2D eigenvalue weighted by molar-refractivity contribution is -0.117. The molecule has 0 aromatic heterocycles. The Kier molecular flexibility index (Phi) is 7.89. The van der Waals surface area contributed by atoms with Crippen molar-refractivity contribution < 1.29 is 22.8 Å². The van der Waals surface area contributed by atoms with Gasteiger partial charge in [0, 0.05) is 44.5 Å². The Labute approximate surface area is 182 Å². The van der Waals surface area contributed by atoms with Crippen LogP contribution >= 0.6 is 0 Å². The van der Waals surface area contributed by atoms with Crippen molar-refractivity contribution in [3.05, 3.63) is 54.1 Å². The molecule has 2 aromatic carbocycles. The quantitative estimate of drug-likeness (QED) is 0.643. The molecule has 3 amide bonds. The SMILES string of the molecule is CCN(CC(=O)Nc1ccc(NC(C)=O)cc1)C(=O)c1ccc(S(=O)(=O)N(C)C)cc1. The highest BCUT2D eigenvalue weighted by Gasteiger charge is 2.20. The van der Waals surface area contributed by atoms with E-state index in [1.165, 1.54) is 50.2 Å². The van der Waals surface area contributed by atoms with Crippen LogP contribution in [0.1, 0.15) is 24.2 Å². The summed E-state index contributed by atoms with van der Waals surface area (Å²) in [6.45, 7) is 3.28. The number of carbonyl (C=O) groups excluding carboxylic acids is 3. The molecule has 0 spiro atoms. The predicted octanol–water partition coefficient (Wildman–Crippen LogP) is 2.00. The number of rotatable bonds is 8. The van der Waals surface area contributed by atoms with Gasteiger partial charge in [0.15, 0.2) is 0 Å². The Bertz CT molecular complexity index is 1050. The Morgan fingerprint density at radius 2 is 1.39 bits per heavy atom. The predicted molar refractivity (Wildman–Crippen MR) is 118 cm³/mol. The van der Waals surface area contributed by atoms with Crippen LogP contribution in [0.4, 0.5) is 11.4 Å². The molecule has 166 valence electrons. The molecule has 0 saturated carbocycles. The molecule has 0 aliphatic carbocycles. The van der Waals surface area contributed by atoms with Crippen molar-refractivity contribution in [1.82, 2.24) is 9.21 Å². The monoisotopic (exact) mass is 446 g/mol. The van der Waals surface area contributed by atoms with Crippen LogP contribution in [0.2, 0.25) is 0 Å². The highest BCUT2D eigenvalue weighted by molar-refractivity contribution is 7.89. The van der Waals surface area contributed by atoms with E-state index in [-0.39, 0.29) is 34.7 Å². The fourth-order valence-corrected chi connectivity index (χ4v) is 3.61. The van der Waals surface area contributed by atoms with E-state index >= 15 is 0 Å². The molecule has 2 N–H and O–H groups in total. The molecule has 0 bridgehead atoms. The molecule has 31 heavy (non-hydrogen) atoms. The summed E-state index contributed by atoms with van der Waals surface area (Å²) < 4.78 is 25.4. The van der Waals surface area contributed by atoms with Gasteiger partial charge in [-0.25, -0.2) is 12.7 Å². The Hall–Kier alpha value is -3.24. The standard InChI is InChI=1S/C21H26N4O5S/c1-5-25(14-20(27)23-18-10-8-17(9-11-18)22-15(2)26)21(28)16-6-12-19(13-7-16)31(29,30)24(3)4/h6-13H,5,14H2,1-4H3,(H,22,26)(H,23,27). The normalized spacial score (nSPS) is 11.1. The van der Waals surface area contributed by atoms with Gasteiger partial charge < -0.3 is 15.5 Å². The number of hydrogen-bond donors (Lipinski definition) is 2. The van der Waals surface area contributed by atoms with E-state index in [9.17, 15) is 22.8 Å². The van der Waals surface area contributed by atoms with Gasteiger partial charge in [-0.2, -0.15) is 0 Å². The third-order valence-electron chi connectivity index (χ3n) is 4.37. The summed E-state index contributed by atoms with van der Waals surface area (Å²) in [5.41, 5.74) is 1.42.